The molecule has 6 nitrogen and oxygen atoms in total. The number of nitrogens with one attached hydrogen (secondary N) is 2. The second kappa shape index (κ2) is 7.52. The van der Waals surface area contributed by atoms with E-state index in [9.17, 15) is 5.11 Å². The van der Waals surface area contributed by atoms with Crippen molar-refractivity contribution >= 4 is 23.4 Å². The van der Waals surface area contributed by atoms with Gasteiger partial charge in [-0.15, -0.1) is 0 Å². The van der Waals surface area contributed by atoms with Crippen LogP contribution in [0.4, 0.5) is 11.6 Å². The maximum absolute atomic E-state index is 10.1. The van der Waals surface area contributed by atoms with E-state index in [0.29, 0.717) is 23.9 Å². The molecule has 0 radical (unpaired) electrons. The van der Waals surface area contributed by atoms with Gasteiger partial charge in [-0.1, -0.05) is 6.92 Å². The molecule has 0 saturated heterocycles. The fourth-order valence-electron chi connectivity index (χ4n) is 1.64. The highest BCUT2D eigenvalue weighted by atomic mass is 32.2. The molecule has 19 heavy (non-hydrogen) atoms. The summed E-state index contributed by atoms with van der Waals surface area (Å²) in [6.07, 6.45) is 3.73. The smallest absolute Gasteiger partial charge is 0.145 e. The predicted octanol–water partition coefficient (Wildman–Crippen LogP) is 1.24. The molecule has 1 heterocycles. The van der Waals surface area contributed by atoms with Crippen molar-refractivity contribution < 1.29 is 5.11 Å². The van der Waals surface area contributed by atoms with Crippen molar-refractivity contribution in [2.75, 3.05) is 29.3 Å². The van der Waals surface area contributed by atoms with Gasteiger partial charge in [0.2, 0.25) is 0 Å². The second-order valence-corrected chi connectivity index (χ2v) is 5.60. The van der Waals surface area contributed by atoms with Crippen molar-refractivity contribution in [2.24, 2.45) is 5.84 Å². The zero-order valence-electron chi connectivity index (χ0n) is 11.7. The molecule has 0 spiro atoms. The molecule has 0 amide bonds. The van der Waals surface area contributed by atoms with Crippen molar-refractivity contribution in [1.29, 1.82) is 0 Å². The van der Waals surface area contributed by atoms with Crippen LogP contribution in [0.2, 0.25) is 0 Å². The average Bonchev–Trinajstić information content (AvgIpc) is 2.36. The van der Waals surface area contributed by atoms with Crippen LogP contribution in [0.5, 0.6) is 0 Å². The van der Waals surface area contributed by atoms with E-state index in [-0.39, 0.29) is 0 Å². The molecule has 108 valence electrons. The van der Waals surface area contributed by atoms with Crippen LogP contribution >= 0.6 is 11.8 Å². The Morgan fingerprint density at radius 2 is 2.11 bits per heavy atom. The number of hydrogen-bond donors (Lipinski definition) is 4. The lowest BCUT2D eigenvalue weighted by atomic mass is 10.1. The number of aromatic nitrogens is 2. The Balaban J connectivity index is 2.74. The highest BCUT2D eigenvalue weighted by Gasteiger charge is 2.19. The number of hydrazine groups is 1. The first-order chi connectivity index (χ1) is 9.00. The maximum atomic E-state index is 10.1. The molecule has 1 aromatic heterocycles. The van der Waals surface area contributed by atoms with Crippen molar-refractivity contribution in [1.82, 2.24) is 9.97 Å². The van der Waals surface area contributed by atoms with E-state index in [1.165, 1.54) is 0 Å². The Morgan fingerprint density at radius 1 is 1.42 bits per heavy atom. The van der Waals surface area contributed by atoms with E-state index in [0.717, 1.165) is 18.7 Å². The summed E-state index contributed by atoms with van der Waals surface area (Å²) in [6.45, 7) is 4.30. The van der Waals surface area contributed by atoms with Crippen LogP contribution in [-0.4, -0.2) is 39.2 Å². The average molecular weight is 285 g/mol. The van der Waals surface area contributed by atoms with Crippen LogP contribution in [-0.2, 0) is 6.42 Å². The van der Waals surface area contributed by atoms with Gasteiger partial charge >= 0.3 is 0 Å². The van der Waals surface area contributed by atoms with Gasteiger partial charge < -0.3 is 15.8 Å². The summed E-state index contributed by atoms with van der Waals surface area (Å²) in [5.74, 6) is 8.04. The number of thioether (sulfide) groups is 1. The third-order valence-electron chi connectivity index (χ3n) is 2.50. The van der Waals surface area contributed by atoms with Gasteiger partial charge in [0, 0.05) is 24.8 Å². The van der Waals surface area contributed by atoms with Crippen LogP contribution in [0.25, 0.3) is 0 Å². The molecular weight excluding hydrogens is 262 g/mol. The molecule has 0 aliphatic rings. The van der Waals surface area contributed by atoms with E-state index < -0.39 is 5.60 Å². The van der Waals surface area contributed by atoms with E-state index in [1.807, 2.05) is 6.26 Å². The topological polar surface area (TPSA) is 96.1 Å². The number of hydrogen-bond acceptors (Lipinski definition) is 7. The van der Waals surface area contributed by atoms with E-state index >= 15 is 0 Å². The van der Waals surface area contributed by atoms with Gasteiger partial charge in [-0.2, -0.15) is 11.8 Å². The summed E-state index contributed by atoms with van der Waals surface area (Å²) in [7, 11) is 0. The Bertz CT molecular complexity index is 400. The number of nitrogens with zero attached hydrogens (tertiary/aromatic N) is 2. The summed E-state index contributed by atoms with van der Waals surface area (Å²) in [4.78, 5) is 8.67. The zero-order chi connectivity index (χ0) is 14.3. The monoisotopic (exact) mass is 285 g/mol. The highest BCUT2D eigenvalue weighted by molar-refractivity contribution is 7.98. The number of nitrogens with two attached hydrogens (primary N) is 1. The fraction of sp³-hybridized carbons (Fsp3) is 0.667. The molecule has 1 aromatic rings. The summed E-state index contributed by atoms with van der Waals surface area (Å²) >= 11 is 1.61. The fourth-order valence-corrected chi connectivity index (χ4v) is 2.36. The Labute approximate surface area is 118 Å². The summed E-state index contributed by atoms with van der Waals surface area (Å²) in [5.41, 5.74) is 1.76. The summed E-state index contributed by atoms with van der Waals surface area (Å²) in [5, 5.41) is 13.2. The molecule has 1 unspecified atom stereocenters. The van der Waals surface area contributed by atoms with Crippen molar-refractivity contribution in [3.63, 3.8) is 0 Å². The van der Waals surface area contributed by atoms with Crippen LogP contribution in [0.15, 0.2) is 6.07 Å². The zero-order valence-corrected chi connectivity index (χ0v) is 12.5. The largest absolute Gasteiger partial charge is 0.387 e. The molecule has 5 N–H and O–H groups in total. The minimum Gasteiger partial charge on any atom is -0.387 e. The first kappa shape index (κ1) is 16.0. The Hall–Kier alpha value is -1.05. The van der Waals surface area contributed by atoms with Gasteiger partial charge in [-0.3, -0.25) is 0 Å². The molecule has 0 aromatic carbocycles. The molecular formula is C12H23N5OS. The van der Waals surface area contributed by atoms with E-state index in [4.69, 9.17) is 5.84 Å². The van der Waals surface area contributed by atoms with Gasteiger partial charge in [0.25, 0.3) is 0 Å². The van der Waals surface area contributed by atoms with Gasteiger partial charge in [-0.25, -0.2) is 15.8 Å². The lowest BCUT2D eigenvalue weighted by Gasteiger charge is -2.23. The van der Waals surface area contributed by atoms with Crippen LogP contribution < -0.4 is 16.6 Å². The van der Waals surface area contributed by atoms with Crippen LogP contribution in [0.1, 0.15) is 26.1 Å². The molecule has 0 saturated carbocycles. The molecule has 0 aliphatic carbocycles. The molecule has 0 fully saturated rings. The quantitative estimate of drug-likeness (QED) is 0.421. The van der Waals surface area contributed by atoms with Gasteiger partial charge in [0.05, 0.1) is 5.60 Å². The third kappa shape index (κ3) is 5.63. The van der Waals surface area contributed by atoms with Crippen molar-refractivity contribution in [3.8, 4) is 0 Å². The first-order valence-electron chi connectivity index (χ1n) is 6.30. The standard InChI is InChI=1S/C12H23N5OS/c1-4-5-9-15-10(6-11(16-9)17-13)14-7-12(2,18)8-19-3/h6,18H,4-5,7-8,13H2,1-3H3,(H2,14,15,16,17). The van der Waals surface area contributed by atoms with Crippen LogP contribution in [0.3, 0.4) is 0 Å². The number of rotatable bonds is 8. The first-order valence-corrected chi connectivity index (χ1v) is 7.70. The number of aryl methyl sites for hydroxylation is 1. The molecule has 0 aliphatic heterocycles. The second-order valence-electron chi connectivity index (χ2n) is 4.73. The molecule has 1 rings (SSSR count). The lowest BCUT2D eigenvalue weighted by Crippen LogP contribution is -2.36. The summed E-state index contributed by atoms with van der Waals surface area (Å²) in [6, 6.07) is 1.73. The molecule has 1 atom stereocenters. The third-order valence-corrected chi connectivity index (χ3v) is 3.41. The lowest BCUT2D eigenvalue weighted by molar-refractivity contribution is 0.0996. The maximum Gasteiger partial charge on any atom is 0.145 e. The highest BCUT2D eigenvalue weighted by Crippen LogP contribution is 2.15. The van der Waals surface area contributed by atoms with E-state index in [1.54, 1.807) is 24.8 Å². The number of anilines is 2. The predicted molar refractivity (Wildman–Crippen MR) is 81.3 cm³/mol. The molecule has 0 bridgehead atoms. The minimum absolute atomic E-state index is 0.431. The van der Waals surface area contributed by atoms with Crippen LogP contribution in [0, 0.1) is 0 Å². The Kier molecular flexibility index (Phi) is 6.33. The van der Waals surface area contributed by atoms with Gasteiger partial charge in [-0.05, 0) is 19.6 Å². The summed E-state index contributed by atoms with van der Waals surface area (Å²) < 4.78 is 0. The normalized spacial score (nSPS) is 13.9. The minimum atomic E-state index is -0.772. The number of nitrogen functional groups attached to an aromatic ring is 1. The van der Waals surface area contributed by atoms with Crippen molar-refractivity contribution in [3.05, 3.63) is 11.9 Å². The van der Waals surface area contributed by atoms with Crippen molar-refractivity contribution in [2.45, 2.75) is 32.3 Å². The SMILES string of the molecule is CCCc1nc(NN)cc(NCC(C)(O)CSC)n1. The number of aliphatic hydroxyl groups is 1. The Morgan fingerprint density at radius 3 is 2.68 bits per heavy atom. The molecule has 7 heteroatoms. The van der Waals surface area contributed by atoms with Gasteiger partial charge in [0.1, 0.15) is 17.5 Å². The van der Waals surface area contributed by atoms with Gasteiger partial charge in [0.15, 0.2) is 0 Å². The van der Waals surface area contributed by atoms with E-state index in [2.05, 4.69) is 27.6 Å².